The number of nitrogens with two attached hydrogens (primary N) is 1. The Balaban J connectivity index is 0.000000202. The molecule has 1 amide bonds. The van der Waals surface area contributed by atoms with Crippen LogP contribution in [-0.4, -0.2) is 68.0 Å². The highest BCUT2D eigenvalue weighted by atomic mass is 36.0. The van der Waals surface area contributed by atoms with Gasteiger partial charge in [0.1, 0.15) is 0 Å². The number of nitriles is 1. The van der Waals surface area contributed by atoms with E-state index in [-0.39, 0.29) is 28.2 Å². The number of halogens is 3. The molecule has 4 rings (SSSR count). The zero-order valence-corrected chi connectivity index (χ0v) is 23.4. The monoisotopic (exact) mass is 598 g/mol. The van der Waals surface area contributed by atoms with E-state index < -0.39 is 25.2 Å². The summed E-state index contributed by atoms with van der Waals surface area (Å²) in [5.41, 5.74) is 5.19. The molecule has 0 aromatic rings. The lowest BCUT2D eigenvalue weighted by Crippen LogP contribution is -2.42. The highest BCUT2D eigenvalue weighted by molar-refractivity contribution is 8.24. The lowest BCUT2D eigenvalue weighted by Gasteiger charge is -2.29. The van der Waals surface area contributed by atoms with Crippen LogP contribution >= 0.6 is 38.9 Å². The first-order valence-electron chi connectivity index (χ1n) is 11.0. The van der Waals surface area contributed by atoms with Gasteiger partial charge >= 0.3 is 5.20 Å². The Labute approximate surface area is 215 Å². The van der Waals surface area contributed by atoms with Gasteiger partial charge in [-0.05, 0) is 85.1 Å². The highest BCUT2D eigenvalue weighted by Crippen LogP contribution is 2.61. The minimum Gasteiger partial charge on any atom is -0.369 e. The number of hydrogen-bond acceptors (Lipinski definition) is 7. The maximum Gasteiger partial charge on any atom is 0.339 e. The van der Waals surface area contributed by atoms with Crippen LogP contribution in [0.25, 0.3) is 0 Å². The van der Waals surface area contributed by atoms with E-state index in [4.69, 9.17) is 11.0 Å². The summed E-state index contributed by atoms with van der Waals surface area (Å²) < 4.78 is 59.8. The zero-order valence-electron chi connectivity index (χ0n) is 18.6. The summed E-state index contributed by atoms with van der Waals surface area (Å²) in [5.74, 6) is -0.394. The third-order valence-electron chi connectivity index (χ3n) is 6.10. The number of carbonyl (C=O) groups excluding carboxylic acids is 1. The predicted molar refractivity (Wildman–Crippen MR) is 132 cm³/mol. The molecular formula is C18H30Cl3N4O6PS2. The lowest BCUT2D eigenvalue weighted by atomic mass is 9.98. The zero-order chi connectivity index (χ0) is 25.7. The van der Waals surface area contributed by atoms with Gasteiger partial charge in [-0.3, -0.25) is 9.36 Å². The Bertz CT molecular complexity index is 1000. The quantitative estimate of drug-likeness (QED) is 0.475. The second-order valence-electron chi connectivity index (χ2n) is 8.77. The highest BCUT2D eigenvalue weighted by Gasteiger charge is 2.42. The van der Waals surface area contributed by atoms with Crippen LogP contribution in [0.1, 0.15) is 51.4 Å². The van der Waals surface area contributed by atoms with E-state index >= 15 is 0 Å². The van der Waals surface area contributed by atoms with Crippen molar-refractivity contribution in [3.63, 3.8) is 0 Å². The molecule has 0 unspecified atom stereocenters. The molecule has 4 aliphatic rings. The molecule has 2 saturated heterocycles. The van der Waals surface area contributed by atoms with Crippen molar-refractivity contribution < 1.29 is 26.2 Å². The molecule has 4 fully saturated rings. The summed E-state index contributed by atoms with van der Waals surface area (Å²) in [4.78, 5) is 10.9. The number of piperidine rings is 2. The molecule has 2 N–H and O–H groups in total. The molecule has 0 radical (unpaired) electrons. The van der Waals surface area contributed by atoms with Gasteiger partial charge in [0, 0.05) is 38.0 Å². The first-order valence-corrected chi connectivity index (χ1v) is 18.4. The molecule has 0 atom stereocenters. The molecule has 16 heteroatoms. The fourth-order valence-electron chi connectivity index (χ4n) is 3.79. The number of rotatable bonds is 5. The molecular weight excluding hydrogens is 570 g/mol. The Morgan fingerprint density at radius 1 is 0.794 bits per heavy atom. The SMILES string of the molecule is N#CC1CCN(S(=O)(=O)C2CC2)CC1.NC(=O)C1CCN(S(=O)(=O)C2CC2)CC1.O=P(Cl)(Cl)Cl. The van der Waals surface area contributed by atoms with E-state index in [0.29, 0.717) is 51.9 Å². The van der Waals surface area contributed by atoms with Crippen molar-refractivity contribution in [2.75, 3.05) is 26.2 Å². The van der Waals surface area contributed by atoms with Crippen LogP contribution in [0.15, 0.2) is 0 Å². The largest absolute Gasteiger partial charge is 0.369 e. The fraction of sp³-hybridized carbons (Fsp3) is 0.889. The maximum absolute atomic E-state index is 11.8. The third kappa shape index (κ3) is 9.74. The summed E-state index contributed by atoms with van der Waals surface area (Å²) in [7, 11) is -6.05. The van der Waals surface area contributed by atoms with Gasteiger partial charge in [-0.1, -0.05) is 0 Å². The molecule has 34 heavy (non-hydrogen) atoms. The molecule has 0 spiro atoms. The van der Waals surface area contributed by atoms with Gasteiger partial charge in [0.15, 0.2) is 0 Å². The number of amides is 1. The van der Waals surface area contributed by atoms with E-state index in [1.54, 1.807) is 4.31 Å². The van der Waals surface area contributed by atoms with Gasteiger partial charge in [0.25, 0.3) is 0 Å². The van der Waals surface area contributed by atoms with Crippen molar-refractivity contribution in [3.8, 4) is 6.07 Å². The first-order chi connectivity index (χ1) is 15.7. The van der Waals surface area contributed by atoms with E-state index in [1.807, 2.05) is 0 Å². The number of hydrogen-bond donors (Lipinski definition) is 1. The molecule has 2 saturated carbocycles. The minimum absolute atomic E-state index is 0.0562. The Morgan fingerprint density at radius 3 is 1.38 bits per heavy atom. The summed E-state index contributed by atoms with van der Waals surface area (Å²) >= 11 is 13.8. The standard InChI is InChI=1S/C9H16N2O3S.C9H14N2O2S.Cl3OP/c10-9(12)7-3-5-11(6-4-7)15(13,14)8-1-2-8;10-7-8-3-5-11(6-4-8)14(12,13)9-1-2-9;1-5(2,3)4/h7-8H,1-6H2,(H2,10,12);8-9H,1-6H2;. The van der Waals surface area contributed by atoms with Crippen LogP contribution < -0.4 is 5.73 Å². The Kier molecular flexibility index (Phi) is 11.0. The van der Waals surface area contributed by atoms with E-state index in [2.05, 4.69) is 39.8 Å². The van der Waals surface area contributed by atoms with Crippen molar-refractivity contribution in [2.24, 2.45) is 17.6 Å². The molecule has 2 aliphatic heterocycles. The van der Waals surface area contributed by atoms with Crippen molar-refractivity contribution in [1.82, 2.24) is 8.61 Å². The topological polar surface area (TPSA) is 159 Å². The van der Waals surface area contributed by atoms with Crippen molar-refractivity contribution in [1.29, 1.82) is 5.26 Å². The average Bonchev–Trinajstić information content (AvgIpc) is 3.65. The normalized spacial score (nSPS) is 23.6. The van der Waals surface area contributed by atoms with Crippen LogP contribution in [0.5, 0.6) is 0 Å². The molecule has 0 bridgehead atoms. The average molecular weight is 600 g/mol. The second kappa shape index (κ2) is 12.4. The van der Waals surface area contributed by atoms with Crippen LogP contribution in [0, 0.1) is 23.2 Å². The van der Waals surface area contributed by atoms with E-state index in [1.165, 1.54) is 4.31 Å². The van der Waals surface area contributed by atoms with E-state index in [9.17, 15) is 26.2 Å². The molecule has 196 valence electrons. The van der Waals surface area contributed by atoms with Crippen LogP contribution in [0.3, 0.4) is 0 Å². The molecule has 10 nitrogen and oxygen atoms in total. The van der Waals surface area contributed by atoms with Crippen LogP contribution in [0.4, 0.5) is 0 Å². The van der Waals surface area contributed by atoms with Crippen LogP contribution in [-0.2, 0) is 29.4 Å². The van der Waals surface area contributed by atoms with Gasteiger partial charge in [-0.2, -0.15) is 5.26 Å². The van der Waals surface area contributed by atoms with E-state index in [0.717, 1.165) is 25.7 Å². The summed E-state index contributed by atoms with van der Waals surface area (Å²) in [6, 6.07) is 2.20. The minimum atomic E-state index is -3.22. The molecule has 0 aromatic heterocycles. The summed E-state index contributed by atoms with van der Waals surface area (Å²) in [6.45, 7) is 1.98. The van der Waals surface area contributed by atoms with Crippen molar-refractivity contribution in [2.45, 2.75) is 61.9 Å². The van der Waals surface area contributed by atoms with Crippen LogP contribution in [0.2, 0.25) is 0 Å². The van der Waals surface area contributed by atoms with Gasteiger partial charge in [0.05, 0.1) is 16.6 Å². The third-order valence-corrected chi connectivity index (χ3v) is 10.9. The molecule has 2 aliphatic carbocycles. The lowest BCUT2D eigenvalue weighted by molar-refractivity contribution is -0.122. The molecule has 0 aromatic carbocycles. The van der Waals surface area contributed by atoms with Crippen molar-refractivity contribution >= 4 is 64.9 Å². The van der Waals surface area contributed by atoms with Gasteiger partial charge in [-0.25, -0.2) is 25.4 Å². The maximum atomic E-state index is 11.8. The first kappa shape index (κ1) is 30.1. The Morgan fingerprint density at radius 2 is 1.12 bits per heavy atom. The fourth-order valence-corrected chi connectivity index (χ4v) is 7.53. The molecule has 2 heterocycles. The predicted octanol–water partition coefficient (Wildman–Crippen LogP) is 3.20. The van der Waals surface area contributed by atoms with Gasteiger partial charge in [0.2, 0.25) is 26.0 Å². The smallest absolute Gasteiger partial charge is 0.339 e. The number of nitrogens with zero attached hydrogens (tertiary/aromatic N) is 3. The number of primary amides is 1. The van der Waals surface area contributed by atoms with Gasteiger partial charge < -0.3 is 5.73 Å². The number of sulfonamides is 2. The summed E-state index contributed by atoms with van der Waals surface area (Å²) in [5, 5.41) is 5.20. The summed E-state index contributed by atoms with van der Waals surface area (Å²) in [6.07, 6.45) is 5.75. The Hall–Kier alpha value is -0.120. The van der Waals surface area contributed by atoms with Gasteiger partial charge in [-0.15, -0.1) is 0 Å². The van der Waals surface area contributed by atoms with Crippen molar-refractivity contribution in [3.05, 3.63) is 0 Å². The number of carbonyl (C=O) groups is 1. The second-order valence-corrected chi connectivity index (χ2v) is 19.8.